The average Bonchev–Trinajstić information content (AvgIpc) is 2.28. The van der Waals surface area contributed by atoms with Crippen LogP contribution in [-0.4, -0.2) is 13.4 Å². The fourth-order valence-electron chi connectivity index (χ4n) is 1.65. The van der Waals surface area contributed by atoms with Crippen LogP contribution >= 0.6 is 0 Å². The Labute approximate surface area is 105 Å². The van der Waals surface area contributed by atoms with Crippen LogP contribution < -0.4 is 0 Å². The summed E-state index contributed by atoms with van der Waals surface area (Å²) >= 11 is 0. The number of aryl methyl sites for hydroxylation is 1. The Balaban J connectivity index is 2.37. The van der Waals surface area contributed by atoms with Crippen molar-refractivity contribution in [1.29, 1.82) is 0 Å². The van der Waals surface area contributed by atoms with E-state index in [0.717, 1.165) is 11.8 Å². The Kier molecular flexibility index (Phi) is 3.43. The zero-order valence-electron chi connectivity index (χ0n) is 9.80. The number of hydrogen-bond donors (Lipinski definition) is 0. The molecule has 5 heteroatoms. The number of nitrogens with zero attached hydrogens (tertiary/aromatic N) is 1. The van der Waals surface area contributed by atoms with E-state index in [1.807, 2.05) is 0 Å². The first kappa shape index (κ1) is 12.7. The number of halogens is 1. The van der Waals surface area contributed by atoms with E-state index in [4.69, 9.17) is 0 Å². The largest absolute Gasteiger partial charge is 0.257 e. The van der Waals surface area contributed by atoms with E-state index in [2.05, 4.69) is 4.98 Å². The van der Waals surface area contributed by atoms with E-state index >= 15 is 0 Å². The molecule has 0 atom stereocenters. The summed E-state index contributed by atoms with van der Waals surface area (Å²) in [7, 11) is -3.70. The van der Waals surface area contributed by atoms with Gasteiger partial charge in [0.15, 0.2) is 9.84 Å². The second kappa shape index (κ2) is 4.86. The maximum absolute atomic E-state index is 13.5. The highest BCUT2D eigenvalue weighted by molar-refractivity contribution is 7.90. The standard InChI is InChI=1S/C13H12FNO2S/c1-10-5-4-6-11(15-10)9-18(16,17)13-8-3-2-7-12(13)14/h2-8H,9H2,1H3. The molecule has 2 rings (SSSR count). The maximum Gasteiger partial charge on any atom is 0.186 e. The molecule has 1 aromatic heterocycles. The first-order valence-corrected chi connectivity index (χ1v) is 7.04. The van der Waals surface area contributed by atoms with Crippen molar-refractivity contribution in [1.82, 2.24) is 4.98 Å². The quantitative estimate of drug-likeness (QED) is 0.856. The molecule has 0 fully saturated rings. The molecule has 0 amide bonds. The summed E-state index contributed by atoms with van der Waals surface area (Å²) in [4.78, 5) is 3.83. The zero-order chi connectivity index (χ0) is 13.2. The summed E-state index contributed by atoms with van der Waals surface area (Å²) in [5.74, 6) is -1.03. The van der Waals surface area contributed by atoms with Crippen LogP contribution in [-0.2, 0) is 15.6 Å². The molecule has 2 aromatic rings. The Bertz CT molecular complexity index is 668. The van der Waals surface area contributed by atoms with Gasteiger partial charge in [-0.2, -0.15) is 0 Å². The Morgan fingerprint density at radius 1 is 1.11 bits per heavy atom. The molecule has 0 N–H and O–H groups in total. The minimum atomic E-state index is -3.70. The number of sulfone groups is 1. The van der Waals surface area contributed by atoms with Crippen LogP contribution in [0.1, 0.15) is 11.4 Å². The lowest BCUT2D eigenvalue weighted by atomic mass is 10.3. The third kappa shape index (κ3) is 2.73. The Morgan fingerprint density at radius 3 is 2.50 bits per heavy atom. The highest BCUT2D eigenvalue weighted by atomic mass is 32.2. The van der Waals surface area contributed by atoms with E-state index in [-0.39, 0.29) is 10.6 Å². The summed E-state index contributed by atoms with van der Waals surface area (Å²) in [5.41, 5.74) is 1.15. The monoisotopic (exact) mass is 265 g/mol. The van der Waals surface area contributed by atoms with Crippen LogP contribution in [0.4, 0.5) is 4.39 Å². The topological polar surface area (TPSA) is 47.0 Å². The van der Waals surface area contributed by atoms with Gasteiger partial charge in [-0.15, -0.1) is 0 Å². The van der Waals surface area contributed by atoms with E-state index < -0.39 is 15.7 Å². The molecule has 18 heavy (non-hydrogen) atoms. The van der Waals surface area contributed by atoms with Gasteiger partial charge in [-0.3, -0.25) is 4.98 Å². The molecule has 94 valence electrons. The van der Waals surface area contributed by atoms with Gasteiger partial charge in [0.05, 0.1) is 11.4 Å². The second-order valence-corrected chi connectivity index (χ2v) is 5.92. The fraction of sp³-hybridized carbons (Fsp3) is 0.154. The summed E-state index contributed by atoms with van der Waals surface area (Å²) in [5, 5.41) is 0. The van der Waals surface area contributed by atoms with Crippen molar-refractivity contribution in [3.05, 3.63) is 59.7 Å². The number of pyridine rings is 1. The normalized spacial score (nSPS) is 11.4. The Morgan fingerprint density at radius 2 is 1.83 bits per heavy atom. The molecular formula is C13H12FNO2S. The van der Waals surface area contributed by atoms with Crippen LogP contribution in [0.2, 0.25) is 0 Å². The molecule has 0 saturated heterocycles. The minimum Gasteiger partial charge on any atom is -0.257 e. The summed E-state index contributed by atoms with van der Waals surface area (Å²) < 4.78 is 37.6. The lowest BCUT2D eigenvalue weighted by molar-refractivity contribution is 0.566. The molecule has 0 aliphatic heterocycles. The van der Waals surface area contributed by atoms with E-state index in [0.29, 0.717) is 5.69 Å². The zero-order valence-corrected chi connectivity index (χ0v) is 10.6. The van der Waals surface area contributed by atoms with Gasteiger partial charge < -0.3 is 0 Å². The van der Waals surface area contributed by atoms with Crippen molar-refractivity contribution >= 4 is 9.84 Å². The average molecular weight is 265 g/mol. The maximum atomic E-state index is 13.5. The molecule has 0 bridgehead atoms. The molecule has 0 spiro atoms. The molecule has 0 radical (unpaired) electrons. The smallest absolute Gasteiger partial charge is 0.186 e. The third-order valence-corrected chi connectivity index (χ3v) is 4.13. The van der Waals surface area contributed by atoms with Gasteiger partial charge in [-0.05, 0) is 31.2 Å². The molecule has 3 nitrogen and oxygen atoms in total. The van der Waals surface area contributed by atoms with E-state index in [1.165, 1.54) is 18.2 Å². The van der Waals surface area contributed by atoms with Crippen molar-refractivity contribution in [2.24, 2.45) is 0 Å². The van der Waals surface area contributed by atoms with Crippen LogP contribution in [0.5, 0.6) is 0 Å². The van der Waals surface area contributed by atoms with Gasteiger partial charge in [0, 0.05) is 5.69 Å². The molecule has 0 aliphatic carbocycles. The number of rotatable bonds is 3. The summed E-state index contributed by atoms with van der Waals surface area (Å²) in [6, 6.07) is 10.5. The number of aromatic nitrogens is 1. The highest BCUT2D eigenvalue weighted by Crippen LogP contribution is 2.18. The van der Waals surface area contributed by atoms with Gasteiger partial charge in [0.1, 0.15) is 10.7 Å². The predicted molar refractivity (Wildman–Crippen MR) is 66.3 cm³/mol. The highest BCUT2D eigenvalue weighted by Gasteiger charge is 2.19. The Hall–Kier alpha value is -1.75. The van der Waals surface area contributed by atoms with Crippen molar-refractivity contribution in [3.63, 3.8) is 0 Å². The van der Waals surface area contributed by atoms with Crippen molar-refractivity contribution in [2.45, 2.75) is 17.6 Å². The van der Waals surface area contributed by atoms with Crippen LogP contribution in [0.3, 0.4) is 0 Å². The van der Waals surface area contributed by atoms with Crippen LogP contribution in [0.15, 0.2) is 47.4 Å². The van der Waals surface area contributed by atoms with Crippen molar-refractivity contribution < 1.29 is 12.8 Å². The predicted octanol–water partition coefficient (Wildman–Crippen LogP) is 2.50. The summed E-state index contributed by atoms with van der Waals surface area (Å²) in [6.07, 6.45) is 0. The molecule has 0 saturated carbocycles. The number of benzene rings is 1. The van der Waals surface area contributed by atoms with Crippen molar-refractivity contribution in [3.8, 4) is 0 Å². The van der Waals surface area contributed by atoms with Gasteiger partial charge >= 0.3 is 0 Å². The number of hydrogen-bond acceptors (Lipinski definition) is 3. The third-order valence-electron chi connectivity index (χ3n) is 2.46. The van der Waals surface area contributed by atoms with Crippen molar-refractivity contribution in [2.75, 3.05) is 0 Å². The molecule has 1 aromatic carbocycles. The van der Waals surface area contributed by atoms with Crippen LogP contribution in [0.25, 0.3) is 0 Å². The molecule has 0 aliphatic rings. The first-order chi connectivity index (χ1) is 8.49. The molecular weight excluding hydrogens is 253 g/mol. The van der Waals surface area contributed by atoms with Gasteiger partial charge in [-0.25, -0.2) is 12.8 Å². The second-order valence-electron chi connectivity index (χ2n) is 3.96. The van der Waals surface area contributed by atoms with E-state index in [1.54, 1.807) is 25.1 Å². The minimum absolute atomic E-state index is 0.284. The van der Waals surface area contributed by atoms with Gasteiger partial charge in [0.2, 0.25) is 0 Å². The SMILES string of the molecule is Cc1cccc(CS(=O)(=O)c2ccccc2F)n1. The van der Waals surface area contributed by atoms with E-state index in [9.17, 15) is 12.8 Å². The summed E-state index contributed by atoms with van der Waals surface area (Å²) in [6.45, 7) is 1.78. The van der Waals surface area contributed by atoms with Gasteiger partial charge in [-0.1, -0.05) is 18.2 Å². The first-order valence-electron chi connectivity index (χ1n) is 5.39. The lowest BCUT2D eigenvalue weighted by Gasteiger charge is -2.05. The fourth-order valence-corrected chi connectivity index (χ4v) is 3.01. The molecule has 1 heterocycles. The van der Waals surface area contributed by atoms with Gasteiger partial charge in [0.25, 0.3) is 0 Å². The molecule has 0 unspecified atom stereocenters. The lowest BCUT2D eigenvalue weighted by Crippen LogP contribution is -2.08. The van der Waals surface area contributed by atoms with Crippen LogP contribution in [0, 0.1) is 12.7 Å².